The molecule has 6 rings (SSSR count). The number of fused-ring (bicyclic) bond motifs is 1. The molecule has 0 spiro atoms. The highest BCUT2D eigenvalue weighted by molar-refractivity contribution is 7.15. The molecule has 4 heterocycles. The largest absolute Gasteiger partial charge is 0.388 e. The summed E-state index contributed by atoms with van der Waals surface area (Å²) in [6.07, 6.45) is 2.62. The van der Waals surface area contributed by atoms with Gasteiger partial charge >= 0.3 is 0 Å². The summed E-state index contributed by atoms with van der Waals surface area (Å²) in [5.41, 5.74) is 10.2. The number of rotatable bonds is 7. The van der Waals surface area contributed by atoms with Crippen LogP contribution in [0.4, 0.5) is 0 Å². The molecule has 0 unspecified atom stereocenters. The molecule has 1 fully saturated rings. The van der Waals surface area contributed by atoms with Crippen LogP contribution in [0, 0.1) is 6.92 Å². The first-order chi connectivity index (χ1) is 19.7. The Balaban J connectivity index is 1.14. The number of halogens is 1. The molecule has 0 amide bonds. The number of nitrogens with two attached hydrogens (primary N) is 1. The Morgan fingerprint density at radius 3 is 2.44 bits per heavy atom. The predicted molar refractivity (Wildman–Crippen MR) is 165 cm³/mol. The smallest absolute Gasteiger partial charge is 0.281 e. The van der Waals surface area contributed by atoms with Gasteiger partial charge in [-0.05, 0) is 54.7 Å². The highest BCUT2D eigenvalue weighted by Crippen LogP contribution is 2.32. The minimum Gasteiger partial charge on any atom is -0.388 e. The normalized spacial score (nSPS) is 15.5. The number of aromatic nitrogens is 4. The van der Waals surface area contributed by atoms with Crippen molar-refractivity contribution in [3.8, 4) is 21.7 Å². The summed E-state index contributed by atoms with van der Waals surface area (Å²) in [7, 11) is 1.81. The van der Waals surface area contributed by atoms with Crippen molar-refractivity contribution in [2.45, 2.75) is 45.0 Å². The molecule has 0 aliphatic carbocycles. The van der Waals surface area contributed by atoms with E-state index in [2.05, 4.69) is 46.2 Å². The Morgan fingerprint density at radius 1 is 1.05 bits per heavy atom. The van der Waals surface area contributed by atoms with E-state index in [1.165, 1.54) is 20.6 Å². The number of hydrogen-bond acceptors (Lipinski definition) is 7. The molecule has 5 aromatic rings. The fraction of sp³-hybridized carbons (Fsp3) is 0.323. The zero-order valence-electron chi connectivity index (χ0n) is 23.2. The molecule has 2 aromatic carbocycles. The molecule has 41 heavy (non-hydrogen) atoms. The van der Waals surface area contributed by atoms with Gasteiger partial charge in [-0.1, -0.05) is 48.0 Å². The SMILES string of the molecule is Cc1ccc(-c2ccc(CN3CCC(O)(Cn4cnc5c(-c6ccc(CN)cc6)n(C)nc5c4=O)CC3)c(Cl)c2)s1. The maximum atomic E-state index is 13.4. The number of likely N-dealkylation sites (tertiary alicyclic amines) is 1. The van der Waals surface area contributed by atoms with Gasteiger partial charge in [0.1, 0.15) is 5.52 Å². The van der Waals surface area contributed by atoms with E-state index in [1.54, 1.807) is 16.0 Å². The van der Waals surface area contributed by atoms with Gasteiger partial charge in [0.2, 0.25) is 0 Å². The van der Waals surface area contributed by atoms with Gasteiger partial charge in [0.15, 0.2) is 5.52 Å². The molecule has 1 aliphatic rings. The van der Waals surface area contributed by atoms with Crippen LogP contribution in [0.5, 0.6) is 0 Å². The van der Waals surface area contributed by atoms with Gasteiger partial charge in [0.05, 0.1) is 24.2 Å². The molecule has 1 aliphatic heterocycles. The third kappa shape index (κ3) is 5.60. The number of benzene rings is 2. The minimum atomic E-state index is -1.00. The molecular weight excluding hydrogens is 556 g/mol. The summed E-state index contributed by atoms with van der Waals surface area (Å²) < 4.78 is 3.18. The summed E-state index contributed by atoms with van der Waals surface area (Å²) in [6, 6.07) is 18.4. The van der Waals surface area contributed by atoms with Crippen LogP contribution in [0.15, 0.2) is 65.7 Å². The maximum Gasteiger partial charge on any atom is 0.281 e. The second kappa shape index (κ2) is 11.2. The summed E-state index contributed by atoms with van der Waals surface area (Å²) >= 11 is 8.43. The van der Waals surface area contributed by atoms with Gasteiger partial charge in [-0.25, -0.2) is 4.98 Å². The average Bonchev–Trinajstić information content (AvgIpc) is 3.55. The molecule has 0 atom stereocenters. The van der Waals surface area contributed by atoms with E-state index in [9.17, 15) is 9.90 Å². The van der Waals surface area contributed by atoms with Crippen molar-refractivity contribution in [2.75, 3.05) is 13.1 Å². The molecule has 10 heteroatoms. The quantitative estimate of drug-likeness (QED) is 0.278. The van der Waals surface area contributed by atoms with Gasteiger partial charge in [-0.2, -0.15) is 5.10 Å². The van der Waals surface area contributed by atoms with Crippen LogP contribution in [-0.2, 0) is 26.7 Å². The van der Waals surface area contributed by atoms with Crippen LogP contribution in [0.25, 0.3) is 32.7 Å². The average molecular weight is 589 g/mol. The Labute approximate surface area is 247 Å². The van der Waals surface area contributed by atoms with Crippen LogP contribution in [0.1, 0.15) is 28.8 Å². The minimum absolute atomic E-state index is 0.176. The molecule has 1 saturated heterocycles. The molecule has 0 saturated carbocycles. The van der Waals surface area contributed by atoms with Crippen molar-refractivity contribution in [3.05, 3.63) is 92.3 Å². The van der Waals surface area contributed by atoms with E-state index in [-0.39, 0.29) is 12.1 Å². The predicted octanol–water partition coefficient (Wildman–Crippen LogP) is 4.97. The van der Waals surface area contributed by atoms with E-state index in [0.717, 1.165) is 39.5 Å². The Bertz CT molecular complexity index is 1770. The van der Waals surface area contributed by atoms with E-state index in [0.29, 0.717) is 43.5 Å². The van der Waals surface area contributed by atoms with Gasteiger partial charge in [-0.15, -0.1) is 11.3 Å². The van der Waals surface area contributed by atoms with Crippen molar-refractivity contribution >= 4 is 34.0 Å². The summed E-state index contributed by atoms with van der Waals surface area (Å²) in [5.74, 6) is 0. The highest BCUT2D eigenvalue weighted by Gasteiger charge is 2.33. The van der Waals surface area contributed by atoms with E-state index >= 15 is 0 Å². The first-order valence-electron chi connectivity index (χ1n) is 13.7. The van der Waals surface area contributed by atoms with Crippen LogP contribution in [0.2, 0.25) is 5.02 Å². The van der Waals surface area contributed by atoms with Gasteiger partial charge in [-0.3, -0.25) is 18.9 Å². The van der Waals surface area contributed by atoms with Crippen molar-refractivity contribution in [3.63, 3.8) is 0 Å². The highest BCUT2D eigenvalue weighted by atomic mass is 35.5. The first kappa shape index (κ1) is 27.8. The van der Waals surface area contributed by atoms with Crippen LogP contribution in [0.3, 0.4) is 0 Å². The lowest BCUT2D eigenvalue weighted by Gasteiger charge is -2.38. The van der Waals surface area contributed by atoms with Gasteiger partial charge < -0.3 is 10.8 Å². The molecular formula is C31H33ClN6O2S. The third-order valence-corrected chi connectivity index (χ3v) is 9.40. The number of thiophene rings is 1. The Morgan fingerprint density at radius 2 is 1.78 bits per heavy atom. The number of aliphatic hydroxyl groups is 1. The van der Waals surface area contributed by atoms with E-state index < -0.39 is 5.60 Å². The summed E-state index contributed by atoms with van der Waals surface area (Å²) in [5, 5.41) is 16.7. The zero-order chi connectivity index (χ0) is 28.7. The standard InChI is InChI=1S/C31H33ClN6O2S/c1-20-3-10-26(41-20)23-8-9-24(25(32)15-23)17-37-13-11-31(40,12-14-37)18-38-19-34-27-28(30(38)39)35-36(2)29(27)22-6-4-21(16-33)5-7-22/h3-10,15,19,40H,11-14,16-18,33H2,1-2H3. The van der Waals surface area contributed by atoms with E-state index in [1.807, 2.05) is 37.4 Å². The Kier molecular flexibility index (Phi) is 7.56. The fourth-order valence-corrected chi connectivity index (χ4v) is 6.70. The molecule has 0 radical (unpaired) electrons. The lowest BCUT2D eigenvalue weighted by Crippen LogP contribution is -2.47. The summed E-state index contributed by atoms with van der Waals surface area (Å²) in [4.78, 5) is 22.8. The lowest BCUT2D eigenvalue weighted by atomic mass is 9.91. The monoisotopic (exact) mass is 588 g/mol. The summed E-state index contributed by atoms with van der Waals surface area (Å²) in [6.45, 7) is 4.87. The molecule has 8 nitrogen and oxygen atoms in total. The first-order valence-corrected chi connectivity index (χ1v) is 14.9. The second-order valence-electron chi connectivity index (χ2n) is 11.0. The molecule has 3 N–H and O–H groups in total. The van der Waals surface area contributed by atoms with Gasteiger partial charge in [0.25, 0.3) is 5.56 Å². The lowest BCUT2D eigenvalue weighted by molar-refractivity contribution is -0.0364. The molecule has 0 bridgehead atoms. The van der Waals surface area contributed by atoms with Crippen molar-refractivity contribution < 1.29 is 5.11 Å². The van der Waals surface area contributed by atoms with Crippen molar-refractivity contribution in [1.82, 2.24) is 24.2 Å². The Hall–Kier alpha value is -3.34. The van der Waals surface area contributed by atoms with Crippen LogP contribution in [-0.4, -0.2) is 48.0 Å². The number of hydrogen-bond donors (Lipinski definition) is 2. The second-order valence-corrected chi connectivity index (χ2v) is 12.7. The zero-order valence-corrected chi connectivity index (χ0v) is 24.8. The fourth-order valence-electron chi connectivity index (χ4n) is 5.59. The van der Waals surface area contributed by atoms with Crippen LogP contribution >= 0.6 is 22.9 Å². The molecule has 3 aromatic heterocycles. The van der Waals surface area contributed by atoms with Crippen LogP contribution < -0.4 is 11.3 Å². The third-order valence-electron chi connectivity index (χ3n) is 8.00. The number of aryl methyl sites for hydroxylation is 2. The van der Waals surface area contributed by atoms with Crippen molar-refractivity contribution in [1.29, 1.82) is 0 Å². The maximum absolute atomic E-state index is 13.4. The topological polar surface area (TPSA) is 102 Å². The van der Waals surface area contributed by atoms with Gasteiger partial charge in [0, 0.05) is 53.6 Å². The number of nitrogens with zero attached hydrogens (tertiary/aromatic N) is 5. The van der Waals surface area contributed by atoms with E-state index in [4.69, 9.17) is 17.3 Å². The van der Waals surface area contributed by atoms with Crippen molar-refractivity contribution in [2.24, 2.45) is 12.8 Å². The molecule has 212 valence electrons. The number of piperidine rings is 1.